The number of hydrogen-bond donors (Lipinski definition) is 0. The van der Waals surface area contributed by atoms with Crippen LogP contribution in [-0.4, -0.2) is 41.5 Å². The first-order valence-electron chi connectivity index (χ1n) is 8.59. The van der Waals surface area contributed by atoms with E-state index in [0.717, 1.165) is 32.2 Å². The van der Waals surface area contributed by atoms with Crippen molar-refractivity contribution in [3.63, 3.8) is 0 Å². The molecule has 1 atom stereocenters. The number of amides is 1. The van der Waals surface area contributed by atoms with E-state index in [2.05, 4.69) is 17.1 Å². The van der Waals surface area contributed by atoms with Gasteiger partial charge in [0.2, 0.25) is 0 Å². The standard InChI is InChI=1S/C20H22N2O3/c1-25-20(24)18-12-7-11-17(21-18)19(23)22-13-6-5-10-16(22)14-15-8-3-2-4-9-15/h2-4,7-9,11-12,16H,5-6,10,13-14H2,1H3/t16-/m0/s1. The molecule has 0 saturated carbocycles. The number of methoxy groups -OCH3 is 1. The number of esters is 1. The largest absolute Gasteiger partial charge is 0.464 e. The summed E-state index contributed by atoms with van der Waals surface area (Å²) in [6.07, 6.45) is 3.94. The predicted octanol–water partition coefficient (Wildman–Crippen LogP) is 3.11. The molecule has 1 amide bonds. The summed E-state index contributed by atoms with van der Waals surface area (Å²) in [5, 5.41) is 0. The molecule has 1 aromatic carbocycles. The highest BCUT2D eigenvalue weighted by Gasteiger charge is 2.28. The first-order valence-corrected chi connectivity index (χ1v) is 8.59. The lowest BCUT2D eigenvalue weighted by Gasteiger charge is -2.35. The Morgan fingerprint density at radius 1 is 1.08 bits per heavy atom. The van der Waals surface area contributed by atoms with Gasteiger partial charge in [-0.2, -0.15) is 0 Å². The molecule has 1 fully saturated rings. The van der Waals surface area contributed by atoms with Crippen molar-refractivity contribution in [3.8, 4) is 0 Å². The number of nitrogens with zero attached hydrogens (tertiary/aromatic N) is 2. The molecule has 5 nitrogen and oxygen atoms in total. The summed E-state index contributed by atoms with van der Waals surface area (Å²) in [4.78, 5) is 30.7. The fourth-order valence-electron chi connectivity index (χ4n) is 3.29. The summed E-state index contributed by atoms with van der Waals surface area (Å²) in [5.74, 6) is -0.652. The lowest BCUT2D eigenvalue weighted by Crippen LogP contribution is -2.45. The van der Waals surface area contributed by atoms with E-state index in [9.17, 15) is 9.59 Å². The van der Waals surface area contributed by atoms with E-state index >= 15 is 0 Å². The fourth-order valence-corrected chi connectivity index (χ4v) is 3.29. The molecule has 0 aliphatic carbocycles. The zero-order valence-electron chi connectivity index (χ0n) is 14.4. The molecular weight excluding hydrogens is 316 g/mol. The molecule has 1 saturated heterocycles. The smallest absolute Gasteiger partial charge is 0.356 e. The number of pyridine rings is 1. The van der Waals surface area contributed by atoms with Gasteiger partial charge in [-0.25, -0.2) is 9.78 Å². The van der Waals surface area contributed by atoms with Crippen LogP contribution >= 0.6 is 0 Å². The number of carbonyl (C=O) groups excluding carboxylic acids is 2. The number of piperidine rings is 1. The Kier molecular flexibility index (Phi) is 5.43. The first kappa shape index (κ1) is 17.1. The van der Waals surface area contributed by atoms with Crippen LogP contribution in [0.25, 0.3) is 0 Å². The van der Waals surface area contributed by atoms with Gasteiger partial charge in [-0.15, -0.1) is 0 Å². The van der Waals surface area contributed by atoms with E-state index in [0.29, 0.717) is 5.69 Å². The van der Waals surface area contributed by atoms with Crippen LogP contribution in [0.2, 0.25) is 0 Å². The SMILES string of the molecule is COC(=O)c1cccc(C(=O)N2CCCC[C@H]2Cc2ccccc2)n1. The molecule has 1 aliphatic rings. The normalized spacial score (nSPS) is 17.2. The number of likely N-dealkylation sites (tertiary alicyclic amines) is 1. The quantitative estimate of drug-likeness (QED) is 0.804. The molecule has 25 heavy (non-hydrogen) atoms. The van der Waals surface area contributed by atoms with Crippen molar-refractivity contribution in [3.05, 3.63) is 65.5 Å². The Hall–Kier alpha value is -2.69. The van der Waals surface area contributed by atoms with Gasteiger partial charge in [0, 0.05) is 12.6 Å². The highest BCUT2D eigenvalue weighted by Crippen LogP contribution is 2.22. The highest BCUT2D eigenvalue weighted by atomic mass is 16.5. The predicted molar refractivity (Wildman–Crippen MR) is 94.4 cm³/mol. The maximum atomic E-state index is 13.0. The monoisotopic (exact) mass is 338 g/mol. The summed E-state index contributed by atoms with van der Waals surface area (Å²) >= 11 is 0. The molecular formula is C20H22N2O3. The first-order chi connectivity index (χ1) is 12.2. The van der Waals surface area contributed by atoms with Crippen LogP contribution in [0.4, 0.5) is 0 Å². The number of benzene rings is 1. The van der Waals surface area contributed by atoms with Crippen molar-refractivity contribution in [2.45, 2.75) is 31.7 Å². The number of aromatic nitrogens is 1. The van der Waals surface area contributed by atoms with E-state index in [4.69, 9.17) is 4.74 Å². The van der Waals surface area contributed by atoms with Crippen LogP contribution in [0.3, 0.4) is 0 Å². The van der Waals surface area contributed by atoms with E-state index in [-0.39, 0.29) is 17.6 Å². The second-order valence-electron chi connectivity index (χ2n) is 6.24. The third-order valence-electron chi connectivity index (χ3n) is 4.56. The van der Waals surface area contributed by atoms with E-state index in [1.807, 2.05) is 23.1 Å². The van der Waals surface area contributed by atoms with Gasteiger partial charge in [-0.3, -0.25) is 4.79 Å². The van der Waals surface area contributed by atoms with Crippen LogP contribution in [0, 0.1) is 0 Å². The highest BCUT2D eigenvalue weighted by molar-refractivity contribution is 5.94. The van der Waals surface area contributed by atoms with Crippen LogP contribution < -0.4 is 0 Å². The maximum Gasteiger partial charge on any atom is 0.356 e. The van der Waals surface area contributed by atoms with Gasteiger partial charge in [-0.1, -0.05) is 36.4 Å². The van der Waals surface area contributed by atoms with Gasteiger partial charge in [-0.05, 0) is 43.4 Å². The second kappa shape index (κ2) is 7.92. The van der Waals surface area contributed by atoms with E-state index in [1.54, 1.807) is 18.2 Å². The minimum atomic E-state index is -0.533. The van der Waals surface area contributed by atoms with Crippen LogP contribution in [0.5, 0.6) is 0 Å². The summed E-state index contributed by atoms with van der Waals surface area (Å²) in [6, 6.07) is 15.3. The van der Waals surface area contributed by atoms with E-state index < -0.39 is 5.97 Å². The van der Waals surface area contributed by atoms with Gasteiger partial charge >= 0.3 is 5.97 Å². The van der Waals surface area contributed by atoms with Crippen LogP contribution in [0.15, 0.2) is 48.5 Å². The topological polar surface area (TPSA) is 59.5 Å². The molecule has 130 valence electrons. The zero-order valence-corrected chi connectivity index (χ0v) is 14.4. The van der Waals surface area contributed by atoms with Crippen molar-refractivity contribution in [2.75, 3.05) is 13.7 Å². The van der Waals surface area contributed by atoms with Crippen molar-refractivity contribution in [1.82, 2.24) is 9.88 Å². The lowest BCUT2D eigenvalue weighted by molar-refractivity contribution is 0.0590. The van der Waals surface area contributed by atoms with Gasteiger partial charge < -0.3 is 9.64 Å². The average Bonchev–Trinajstić information content (AvgIpc) is 2.68. The minimum absolute atomic E-state index is 0.119. The zero-order chi connectivity index (χ0) is 17.6. The number of ether oxygens (including phenoxy) is 1. The number of rotatable bonds is 4. The third kappa shape index (κ3) is 4.05. The molecule has 0 unspecified atom stereocenters. The minimum Gasteiger partial charge on any atom is -0.464 e. The van der Waals surface area contributed by atoms with Crippen LogP contribution in [0.1, 0.15) is 45.8 Å². The van der Waals surface area contributed by atoms with Gasteiger partial charge in [0.15, 0.2) is 0 Å². The number of hydrogen-bond acceptors (Lipinski definition) is 4. The molecule has 3 rings (SSSR count). The molecule has 0 N–H and O–H groups in total. The van der Waals surface area contributed by atoms with Crippen molar-refractivity contribution < 1.29 is 14.3 Å². The van der Waals surface area contributed by atoms with Crippen molar-refractivity contribution >= 4 is 11.9 Å². The summed E-state index contributed by atoms with van der Waals surface area (Å²) in [6.45, 7) is 0.723. The summed E-state index contributed by atoms with van der Waals surface area (Å²) in [5.41, 5.74) is 1.68. The molecule has 0 radical (unpaired) electrons. The molecule has 2 aromatic rings. The van der Waals surface area contributed by atoms with Crippen molar-refractivity contribution in [2.24, 2.45) is 0 Å². The van der Waals surface area contributed by atoms with Gasteiger partial charge in [0.05, 0.1) is 7.11 Å². The molecule has 0 bridgehead atoms. The molecule has 2 heterocycles. The number of carbonyl (C=O) groups is 2. The molecule has 1 aliphatic heterocycles. The Balaban J connectivity index is 1.80. The molecule has 1 aromatic heterocycles. The van der Waals surface area contributed by atoms with Gasteiger partial charge in [0.25, 0.3) is 5.91 Å². The third-order valence-corrected chi connectivity index (χ3v) is 4.56. The van der Waals surface area contributed by atoms with Gasteiger partial charge in [0.1, 0.15) is 11.4 Å². The maximum absolute atomic E-state index is 13.0. The summed E-state index contributed by atoms with van der Waals surface area (Å²) in [7, 11) is 1.30. The van der Waals surface area contributed by atoms with Crippen LogP contribution in [-0.2, 0) is 11.2 Å². The Morgan fingerprint density at radius 2 is 1.84 bits per heavy atom. The second-order valence-corrected chi connectivity index (χ2v) is 6.24. The Bertz CT molecular complexity index is 746. The molecule has 0 spiro atoms. The molecule has 5 heteroatoms. The Morgan fingerprint density at radius 3 is 2.60 bits per heavy atom. The Labute approximate surface area is 147 Å². The lowest BCUT2D eigenvalue weighted by atomic mass is 9.95. The van der Waals surface area contributed by atoms with Crippen molar-refractivity contribution in [1.29, 1.82) is 0 Å². The fraction of sp³-hybridized carbons (Fsp3) is 0.350. The van der Waals surface area contributed by atoms with E-state index in [1.165, 1.54) is 12.7 Å². The average molecular weight is 338 g/mol. The summed E-state index contributed by atoms with van der Waals surface area (Å²) < 4.78 is 4.69.